The van der Waals surface area contributed by atoms with Crippen LogP contribution in [0.25, 0.3) is 0 Å². The first-order valence-electron chi connectivity index (χ1n) is 12.1. The molecule has 3 aromatic rings. The molecule has 1 atom stereocenters. The van der Waals surface area contributed by atoms with Crippen LogP contribution in [0.2, 0.25) is 5.02 Å². The molecule has 0 unspecified atom stereocenters. The van der Waals surface area contributed by atoms with Crippen LogP contribution in [-0.4, -0.2) is 40.7 Å². The predicted octanol–water partition coefficient (Wildman–Crippen LogP) is 5.07. The predicted molar refractivity (Wildman–Crippen MR) is 137 cm³/mol. The lowest BCUT2D eigenvalue weighted by atomic mass is 10.0. The van der Waals surface area contributed by atoms with E-state index in [4.69, 9.17) is 27.1 Å². The van der Waals surface area contributed by atoms with Gasteiger partial charge in [0.05, 0.1) is 23.9 Å². The zero-order chi connectivity index (χ0) is 24.6. The minimum atomic E-state index is -1.02. The number of unbranched alkanes of at least 4 members (excludes halogenated alkanes) is 1. The highest BCUT2D eigenvalue weighted by Crippen LogP contribution is 2.35. The maximum atomic E-state index is 11.9. The molecule has 0 radical (unpaired) electrons. The van der Waals surface area contributed by atoms with Gasteiger partial charge in [-0.05, 0) is 74.4 Å². The van der Waals surface area contributed by atoms with Crippen LogP contribution in [-0.2, 0) is 12.8 Å². The van der Waals surface area contributed by atoms with Crippen molar-refractivity contribution in [1.29, 1.82) is 0 Å². The molecule has 3 N–H and O–H groups in total. The Bertz CT molecular complexity index is 1140. The number of aromatic nitrogens is 2. The van der Waals surface area contributed by atoms with E-state index < -0.39 is 5.97 Å². The fourth-order valence-corrected chi connectivity index (χ4v) is 4.61. The van der Waals surface area contributed by atoms with Gasteiger partial charge < -0.3 is 20.5 Å². The van der Waals surface area contributed by atoms with Gasteiger partial charge in [-0.25, -0.2) is 14.8 Å². The fourth-order valence-electron chi connectivity index (χ4n) is 4.48. The molecule has 0 saturated carbocycles. The van der Waals surface area contributed by atoms with Crippen LogP contribution in [0, 0.1) is 0 Å². The molecule has 1 fully saturated rings. The summed E-state index contributed by atoms with van der Waals surface area (Å²) >= 11 is 6.07. The first-order valence-corrected chi connectivity index (χ1v) is 12.5. The number of carbonyl (C=O) groups is 1. The highest BCUT2D eigenvalue weighted by Gasteiger charge is 2.29. The number of benzene rings is 2. The number of hydrogen-bond donors (Lipinski definition) is 2. The third-order valence-electron chi connectivity index (χ3n) is 6.31. The molecule has 1 aliphatic heterocycles. The summed E-state index contributed by atoms with van der Waals surface area (Å²) in [5.41, 5.74) is 8.41. The van der Waals surface area contributed by atoms with Crippen molar-refractivity contribution in [2.75, 3.05) is 24.6 Å². The van der Waals surface area contributed by atoms with Crippen LogP contribution in [0.3, 0.4) is 0 Å². The number of aromatic carboxylic acids is 1. The average Bonchev–Trinajstić information content (AvgIpc) is 3.36. The lowest BCUT2D eigenvalue weighted by Crippen LogP contribution is -2.25. The number of rotatable bonds is 11. The third-order valence-corrected chi connectivity index (χ3v) is 6.56. The largest absolute Gasteiger partial charge is 0.493 e. The molecule has 2 aromatic carbocycles. The Kier molecular flexibility index (Phi) is 8.55. The molecular weight excluding hydrogens is 464 g/mol. The van der Waals surface area contributed by atoms with Gasteiger partial charge in [-0.2, -0.15) is 0 Å². The van der Waals surface area contributed by atoms with Crippen molar-refractivity contribution in [2.24, 2.45) is 5.73 Å². The van der Waals surface area contributed by atoms with Gasteiger partial charge in [0.25, 0.3) is 0 Å². The Morgan fingerprint density at radius 2 is 1.94 bits per heavy atom. The maximum absolute atomic E-state index is 11.9. The Morgan fingerprint density at radius 1 is 1.14 bits per heavy atom. The molecule has 35 heavy (non-hydrogen) atoms. The minimum Gasteiger partial charge on any atom is -0.493 e. The highest BCUT2D eigenvalue weighted by atomic mass is 35.5. The molecule has 1 saturated heterocycles. The summed E-state index contributed by atoms with van der Waals surface area (Å²) in [6, 6.07) is 15.8. The molecule has 2 heterocycles. The first-order chi connectivity index (χ1) is 17.1. The number of para-hydroxylation sites is 1. The summed E-state index contributed by atoms with van der Waals surface area (Å²) in [5, 5.41) is 10.5. The molecule has 1 aliphatic rings. The second kappa shape index (κ2) is 12.0. The summed E-state index contributed by atoms with van der Waals surface area (Å²) in [6.45, 7) is 2.07. The Balaban J connectivity index is 1.54. The normalized spacial score (nSPS) is 15.4. The Hall–Kier alpha value is -3.16. The number of nitrogens with two attached hydrogens (primary N) is 1. The van der Waals surface area contributed by atoms with Crippen molar-refractivity contribution in [2.45, 2.75) is 44.6 Å². The maximum Gasteiger partial charge on any atom is 0.339 e. The SMILES string of the molecule is NCCCCOc1ccccc1CCc1nc(N2CCC[C@H]2c2ccc(Cl)cc2)ncc1C(=O)O. The van der Waals surface area contributed by atoms with E-state index in [0.29, 0.717) is 42.7 Å². The number of carboxylic acids is 1. The van der Waals surface area contributed by atoms with E-state index in [2.05, 4.69) is 9.88 Å². The van der Waals surface area contributed by atoms with Crippen molar-refractivity contribution in [1.82, 2.24) is 9.97 Å². The van der Waals surface area contributed by atoms with E-state index in [0.717, 1.165) is 49.1 Å². The molecule has 0 aliphatic carbocycles. The molecule has 8 heteroatoms. The lowest BCUT2D eigenvalue weighted by molar-refractivity contribution is 0.0694. The quantitative estimate of drug-likeness (QED) is 0.359. The molecule has 0 spiro atoms. The van der Waals surface area contributed by atoms with E-state index >= 15 is 0 Å². The van der Waals surface area contributed by atoms with Gasteiger partial charge in [0.2, 0.25) is 5.95 Å². The average molecular weight is 495 g/mol. The minimum absolute atomic E-state index is 0.136. The van der Waals surface area contributed by atoms with E-state index in [9.17, 15) is 9.90 Å². The third kappa shape index (κ3) is 6.29. The van der Waals surface area contributed by atoms with Gasteiger partial charge in [-0.3, -0.25) is 0 Å². The van der Waals surface area contributed by atoms with E-state index in [1.165, 1.54) is 6.20 Å². The van der Waals surface area contributed by atoms with E-state index in [1.807, 2.05) is 48.5 Å². The number of halogens is 1. The Labute approximate surface area is 210 Å². The smallest absolute Gasteiger partial charge is 0.339 e. The zero-order valence-corrected chi connectivity index (χ0v) is 20.5. The van der Waals surface area contributed by atoms with Crippen molar-refractivity contribution < 1.29 is 14.6 Å². The van der Waals surface area contributed by atoms with Gasteiger partial charge in [0, 0.05) is 17.8 Å². The second-order valence-corrected chi connectivity index (χ2v) is 9.13. The number of anilines is 1. The number of ether oxygens (including phenoxy) is 1. The number of nitrogens with zero attached hydrogens (tertiary/aromatic N) is 3. The van der Waals surface area contributed by atoms with Crippen LogP contribution in [0.1, 0.15) is 58.9 Å². The van der Waals surface area contributed by atoms with E-state index in [-0.39, 0.29) is 11.6 Å². The van der Waals surface area contributed by atoms with Crippen LogP contribution in [0.5, 0.6) is 5.75 Å². The van der Waals surface area contributed by atoms with Crippen molar-refractivity contribution in [3.8, 4) is 5.75 Å². The summed E-state index contributed by atoms with van der Waals surface area (Å²) in [5.74, 6) is 0.361. The number of carboxylic acid groups (broad SMARTS) is 1. The topological polar surface area (TPSA) is 102 Å². The summed E-state index contributed by atoms with van der Waals surface area (Å²) in [4.78, 5) is 23.3. The molecule has 1 aromatic heterocycles. The molecule has 184 valence electrons. The number of aryl methyl sites for hydroxylation is 2. The Morgan fingerprint density at radius 3 is 2.71 bits per heavy atom. The van der Waals surface area contributed by atoms with Crippen LogP contribution >= 0.6 is 11.6 Å². The van der Waals surface area contributed by atoms with Gasteiger partial charge in [-0.15, -0.1) is 0 Å². The standard InChI is InChI=1S/C27H31ClN4O3/c28-21-12-9-19(10-13-21)24-7-5-16-32(24)27-30-18-22(26(33)34)23(31-27)14-11-20-6-1-2-8-25(20)35-17-4-3-15-29/h1-2,6,8-10,12-13,18,24H,3-5,7,11,14-17,29H2,(H,33,34)/t24-/m0/s1. The highest BCUT2D eigenvalue weighted by molar-refractivity contribution is 6.30. The van der Waals surface area contributed by atoms with Gasteiger partial charge in [0.1, 0.15) is 5.75 Å². The van der Waals surface area contributed by atoms with Crippen LogP contribution in [0.4, 0.5) is 5.95 Å². The van der Waals surface area contributed by atoms with Gasteiger partial charge >= 0.3 is 5.97 Å². The van der Waals surface area contributed by atoms with Crippen molar-refractivity contribution >= 4 is 23.5 Å². The van der Waals surface area contributed by atoms with Gasteiger partial charge in [0.15, 0.2) is 0 Å². The zero-order valence-electron chi connectivity index (χ0n) is 19.7. The number of hydrogen-bond acceptors (Lipinski definition) is 6. The lowest BCUT2D eigenvalue weighted by Gasteiger charge is -2.25. The summed E-state index contributed by atoms with van der Waals surface area (Å²) < 4.78 is 5.96. The molecular formula is C27H31ClN4O3. The van der Waals surface area contributed by atoms with Gasteiger partial charge in [-0.1, -0.05) is 41.9 Å². The molecule has 4 rings (SSSR count). The van der Waals surface area contributed by atoms with Crippen LogP contribution < -0.4 is 15.4 Å². The molecule has 0 amide bonds. The fraction of sp³-hybridized carbons (Fsp3) is 0.370. The van der Waals surface area contributed by atoms with E-state index in [1.54, 1.807) is 0 Å². The monoisotopic (exact) mass is 494 g/mol. The van der Waals surface area contributed by atoms with Crippen LogP contribution in [0.15, 0.2) is 54.7 Å². The van der Waals surface area contributed by atoms with Crippen molar-refractivity contribution in [3.05, 3.63) is 82.1 Å². The summed E-state index contributed by atoms with van der Waals surface area (Å²) in [6.07, 6.45) is 6.34. The molecule has 0 bridgehead atoms. The second-order valence-electron chi connectivity index (χ2n) is 8.69. The van der Waals surface area contributed by atoms with Crippen molar-refractivity contribution in [3.63, 3.8) is 0 Å². The first kappa shape index (κ1) is 24.9. The summed E-state index contributed by atoms with van der Waals surface area (Å²) in [7, 11) is 0. The molecule has 7 nitrogen and oxygen atoms in total.